The normalized spacial score (nSPS) is 37.1. The van der Waals surface area contributed by atoms with Gasteiger partial charge in [0.05, 0.1) is 18.4 Å². The van der Waals surface area contributed by atoms with Gasteiger partial charge in [-0.2, -0.15) is 0 Å². The second kappa shape index (κ2) is 3.78. The number of rotatable bonds is 0. The molecule has 2 atom stereocenters. The van der Waals surface area contributed by atoms with E-state index in [1.807, 2.05) is 0 Å². The monoisotopic (exact) mass is 269 g/mol. The molecule has 4 nitrogen and oxygen atoms in total. The van der Waals surface area contributed by atoms with E-state index in [2.05, 4.69) is 34.5 Å². The number of hydrogen-bond acceptors (Lipinski definition) is 3. The van der Waals surface area contributed by atoms with Gasteiger partial charge in [0, 0.05) is 18.4 Å². The van der Waals surface area contributed by atoms with Gasteiger partial charge in [0.1, 0.15) is 0 Å². The van der Waals surface area contributed by atoms with Crippen molar-refractivity contribution < 1.29 is 14.3 Å². The summed E-state index contributed by atoms with van der Waals surface area (Å²) in [6, 6.07) is 0. The number of nitrogens with one attached hydrogen (secondary N) is 1. The largest absolute Gasteiger partial charge is 0.352 e. The molecule has 1 amide bonds. The molecule has 2 aliphatic heterocycles. The molecular formula is C13H20NO3P. The number of fused-ring (bicyclic) bond motifs is 1. The van der Waals surface area contributed by atoms with Crippen LogP contribution in [0, 0.1) is 5.41 Å². The SMILES string of the molecule is CC1(C)C2=CCNC(=O)C2(P)CCC12OCCO2. The smallest absolute Gasteiger partial charge is 0.234 e. The van der Waals surface area contributed by atoms with Crippen LogP contribution in [0.1, 0.15) is 26.7 Å². The molecule has 1 N–H and O–H groups in total. The second-order valence-electron chi connectivity index (χ2n) is 5.87. The molecule has 18 heavy (non-hydrogen) atoms. The van der Waals surface area contributed by atoms with E-state index in [9.17, 15) is 4.79 Å². The van der Waals surface area contributed by atoms with Crippen LogP contribution in [0.25, 0.3) is 0 Å². The van der Waals surface area contributed by atoms with E-state index >= 15 is 0 Å². The molecule has 3 aliphatic rings. The van der Waals surface area contributed by atoms with E-state index in [0.717, 1.165) is 18.4 Å². The minimum Gasteiger partial charge on any atom is -0.352 e. The van der Waals surface area contributed by atoms with E-state index in [1.54, 1.807) is 0 Å². The summed E-state index contributed by atoms with van der Waals surface area (Å²) in [4.78, 5) is 12.2. The van der Waals surface area contributed by atoms with Gasteiger partial charge in [-0.1, -0.05) is 19.9 Å². The zero-order valence-corrected chi connectivity index (χ0v) is 12.1. The summed E-state index contributed by atoms with van der Waals surface area (Å²) in [5, 5.41) is 2.44. The minimum absolute atomic E-state index is 0.103. The fourth-order valence-electron chi connectivity index (χ4n) is 3.61. The molecule has 0 radical (unpaired) electrons. The van der Waals surface area contributed by atoms with Crippen molar-refractivity contribution in [1.29, 1.82) is 0 Å². The van der Waals surface area contributed by atoms with Crippen LogP contribution in [0.2, 0.25) is 0 Å². The van der Waals surface area contributed by atoms with E-state index in [0.29, 0.717) is 19.8 Å². The van der Waals surface area contributed by atoms with Gasteiger partial charge < -0.3 is 14.8 Å². The van der Waals surface area contributed by atoms with Crippen LogP contribution in [-0.2, 0) is 14.3 Å². The molecule has 5 heteroatoms. The van der Waals surface area contributed by atoms with Gasteiger partial charge in [-0.25, -0.2) is 0 Å². The first-order valence-corrected chi connectivity index (χ1v) is 7.06. The maximum Gasteiger partial charge on any atom is 0.234 e. The van der Waals surface area contributed by atoms with Gasteiger partial charge >= 0.3 is 0 Å². The topological polar surface area (TPSA) is 47.6 Å². The number of carbonyl (C=O) groups excluding carboxylic acids is 1. The van der Waals surface area contributed by atoms with E-state index in [1.165, 1.54) is 0 Å². The van der Waals surface area contributed by atoms with Gasteiger partial charge in [0.15, 0.2) is 5.79 Å². The average Bonchev–Trinajstić information content (AvgIpc) is 2.79. The first kappa shape index (κ1) is 12.6. The lowest BCUT2D eigenvalue weighted by molar-refractivity contribution is -0.231. The fraction of sp³-hybridized carbons (Fsp3) is 0.769. The molecule has 1 saturated heterocycles. The Morgan fingerprint density at radius 2 is 1.94 bits per heavy atom. The van der Waals surface area contributed by atoms with E-state index in [-0.39, 0.29) is 11.3 Å². The van der Waals surface area contributed by atoms with Crippen molar-refractivity contribution >= 4 is 15.1 Å². The van der Waals surface area contributed by atoms with Gasteiger partial charge in [-0.15, -0.1) is 9.24 Å². The lowest BCUT2D eigenvalue weighted by atomic mass is 9.62. The third kappa shape index (κ3) is 1.40. The highest BCUT2D eigenvalue weighted by Gasteiger charge is 2.61. The first-order valence-electron chi connectivity index (χ1n) is 6.49. The summed E-state index contributed by atoms with van der Waals surface area (Å²) in [6.07, 6.45) is 3.63. The Morgan fingerprint density at radius 3 is 2.61 bits per heavy atom. The molecule has 0 aromatic heterocycles. The van der Waals surface area contributed by atoms with E-state index in [4.69, 9.17) is 9.47 Å². The summed E-state index contributed by atoms with van der Waals surface area (Å²) in [6.45, 7) is 6.14. The van der Waals surface area contributed by atoms with Crippen molar-refractivity contribution in [2.45, 2.75) is 37.6 Å². The second-order valence-corrected chi connectivity index (χ2v) is 6.86. The van der Waals surface area contributed by atoms with Crippen molar-refractivity contribution in [3.05, 3.63) is 11.6 Å². The summed E-state index contributed by atoms with van der Waals surface area (Å²) in [7, 11) is 2.76. The molecule has 1 aliphatic carbocycles. The number of hydrogen-bond donors (Lipinski definition) is 1. The van der Waals surface area contributed by atoms with E-state index < -0.39 is 10.9 Å². The molecule has 0 aromatic carbocycles. The Hall–Kier alpha value is -0.440. The molecule has 0 aromatic rings. The molecule has 1 saturated carbocycles. The Kier molecular flexibility index (Phi) is 2.64. The van der Waals surface area contributed by atoms with Crippen molar-refractivity contribution in [3.8, 4) is 0 Å². The van der Waals surface area contributed by atoms with Crippen molar-refractivity contribution in [2.75, 3.05) is 19.8 Å². The molecule has 2 heterocycles. The molecular weight excluding hydrogens is 249 g/mol. The summed E-state index contributed by atoms with van der Waals surface area (Å²) in [5.41, 5.74) is 0.859. The molecule has 3 rings (SSSR count). The third-order valence-electron chi connectivity index (χ3n) is 4.68. The fourth-order valence-corrected chi connectivity index (χ4v) is 4.33. The van der Waals surface area contributed by atoms with Crippen LogP contribution in [0.4, 0.5) is 0 Å². The Bertz CT molecular complexity index is 426. The third-order valence-corrected chi connectivity index (χ3v) is 5.54. The number of ether oxygens (including phenoxy) is 2. The van der Waals surface area contributed by atoms with Gasteiger partial charge in [0.25, 0.3) is 0 Å². The zero-order chi connectivity index (χ0) is 13.0. The minimum atomic E-state index is -0.545. The standard InChI is InChI=1S/C13H20NO3P/c1-11(2)9-3-6-14-10(15)12(9,18)4-5-13(11)16-7-8-17-13/h3H,4-8,18H2,1-2H3,(H,14,15). The summed E-state index contributed by atoms with van der Waals surface area (Å²) < 4.78 is 11.8. The van der Waals surface area contributed by atoms with Crippen molar-refractivity contribution in [3.63, 3.8) is 0 Å². The molecule has 1 spiro atoms. The van der Waals surface area contributed by atoms with Crippen LogP contribution in [0.3, 0.4) is 0 Å². The molecule has 2 fully saturated rings. The first-order chi connectivity index (χ1) is 8.42. The van der Waals surface area contributed by atoms with Crippen LogP contribution >= 0.6 is 9.24 Å². The highest BCUT2D eigenvalue weighted by atomic mass is 31.0. The Morgan fingerprint density at radius 1 is 1.28 bits per heavy atom. The van der Waals surface area contributed by atoms with Crippen LogP contribution in [0.5, 0.6) is 0 Å². The highest BCUT2D eigenvalue weighted by molar-refractivity contribution is 7.21. The Balaban J connectivity index is 2.07. The van der Waals surface area contributed by atoms with Crippen LogP contribution in [-0.4, -0.2) is 36.6 Å². The number of carbonyl (C=O) groups is 1. The maximum atomic E-state index is 12.2. The molecule has 100 valence electrons. The maximum absolute atomic E-state index is 12.2. The van der Waals surface area contributed by atoms with Gasteiger partial charge in [0.2, 0.25) is 5.91 Å². The molecule has 2 unspecified atom stereocenters. The Labute approximate surface area is 110 Å². The lowest BCUT2D eigenvalue weighted by Crippen LogP contribution is -2.61. The lowest BCUT2D eigenvalue weighted by Gasteiger charge is -2.54. The van der Waals surface area contributed by atoms with Crippen LogP contribution < -0.4 is 5.32 Å². The predicted molar refractivity (Wildman–Crippen MR) is 71.2 cm³/mol. The van der Waals surface area contributed by atoms with Gasteiger partial charge in [-0.05, 0) is 12.0 Å². The van der Waals surface area contributed by atoms with Crippen molar-refractivity contribution in [1.82, 2.24) is 5.32 Å². The summed E-state index contributed by atoms with van der Waals surface area (Å²) in [5.74, 6) is -0.442. The average molecular weight is 269 g/mol. The van der Waals surface area contributed by atoms with Crippen molar-refractivity contribution in [2.24, 2.45) is 5.41 Å². The molecule has 0 bridgehead atoms. The quantitative estimate of drug-likeness (QED) is 0.531. The van der Waals surface area contributed by atoms with Crippen LogP contribution in [0.15, 0.2) is 11.6 Å². The highest BCUT2D eigenvalue weighted by Crippen LogP contribution is 2.58. The number of amides is 1. The summed E-state index contributed by atoms with van der Waals surface area (Å²) >= 11 is 0. The zero-order valence-electron chi connectivity index (χ0n) is 10.9. The predicted octanol–water partition coefficient (Wildman–Crippen LogP) is 1.22. The van der Waals surface area contributed by atoms with Gasteiger partial charge in [-0.3, -0.25) is 4.79 Å².